The zero-order valence-electron chi connectivity index (χ0n) is 32.9. The van der Waals surface area contributed by atoms with Crippen molar-refractivity contribution in [2.75, 3.05) is 22.1 Å². The van der Waals surface area contributed by atoms with Crippen molar-refractivity contribution in [2.45, 2.75) is 22.1 Å². The minimum atomic E-state index is -5.47. The van der Waals surface area contributed by atoms with E-state index in [1.807, 2.05) is 0 Å². The van der Waals surface area contributed by atoms with Crippen LogP contribution in [-0.2, 0) is 29.6 Å². The molecule has 34 heteroatoms. The van der Waals surface area contributed by atoms with E-state index in [1.165, 1.54) is 36.5 Å². The minimum absolute atomic E-state index is 0. The summed E-state index contributed by atoms with van der Waals surface area (Å²) < 4.78 is 120. The van der Waals surface area contributed by atoms with Gasteiger partial charge < -0.3 is 46.4 Å². The number of nitrogens with zero attached hydrogens (tertiary/aromatic N) is 10. The van der Waals surface area contributed by atoms with Crippen LogP contribution in [0.5, 0.6) is 0 Å². The van der Waals surface area contributed by atoms with Crippen molar-refractivity contribution in [1.82, 2.24) is 24.9 Å². The number of carboxylic acids is 1. The Labute approximate surface area is 440 Å². The predicted molar refractivity (Wildman–Crippen MR) is 201 cm³/mol. The molecule has 0 spiro atoms. The Morgan fingerprint density at radius 1 is 0.742 bits per heavy atom. The third kappa shape index (κ3) is 14.8. The third-order valence-corrected chi connectivity index (χ3v) is 9.92. The number of azo groups is 2. The van der Waals surface area contributed by atoms with Crippen molar-refractivity contribution >= 4 is 95.5 Å². The Morgan fingerprint density at radius 3 is 2.02 bits per heavy atom. The summed E-state index contributed by atoms with van der Waals surface area (Å²) in [7, 11) is -10.8. The van der Waals surface area contributed by atoms with Crippen LogP contribution in [0.1, 0.15) is 17.8 Å². The molecule has 3 aromatic carbocycles. The van der Waals surface area contributed by atoms with Crippen LogP contribution in [0.2, 0.25) is 0 Å². The third-order valence-electron chi connectivity index (χ3n) is 7.51. The Hall–Kier alpha value is -4.39. The molecule has 3 aromatic heterocycles. The van der Waals surface area contributed by atoms with Crippen LogP contribution in [0.3, 0.4) is 0 Å². The molecule has 0 amide bonds. The number of aromatic carboxylic acids is 1. The van der Waals surface area contributed by atoms with Crippen molar-refractivity contribution in [2.24, 2.45) is 20.5 Å². The number of pyridine rings is 1. The quantitative estimate of drug-likeness (QED) is 0.00710. The van der Waals surface area contributed by atoms with Crippen LogP contribution in [-0.4, -0.2) is 56.8 Å². The van der Waals surface area contributed by atoms with Crippen LogP contribution in [0.15, 0.2) is 108 Å². The smallest absolute Gasteiger partial charge is 0.744 e. The van der Waals surface area contributed by atoms with E-state index in [2.05, 4.69) is 65.4 Å². The second-order valence-electron chi connectivity index (χ2n) is 11.6. The van der Waals surface area contributed by atoms with E-state index in [9.17, 15) is 54.3 Å². The monoisotopic (exact) mass is 1000 g/mol. The van der Waals surface area contributed by atoms with E-state index in [1.54, 1.807) is 0 Å². The summed E-state index contributed by atoms with van der Waals surface area (Å²) in [6.45, 7) is 0. The number of carboxylic acid groups (broad SMARTS) is 1. The molecule has 328 valence electrons. The van der Waals surface area contributed by atoms with Gasteiger partial charge in [0.1, 0.15) is 48.8 Å². The maximum atomic E-state index is 14.5. The van der Waals surface area contributed by atoms with Gasteiger partial charge in [-0.1, -0.05) is 7.43 Å². The minimum Gasteiger partial charge on any atom is -0.744 e. The number of anilines is 6. The average Bonchev–Trinajstić information content (AvgIpc) is 3.18. The molecule has 25 nitrogen and oxygen atoms in total. The molecule has 0 saturated heterocycles. The maximum absolute atomic E-state index is 14.5. The summed E-state index contributed by atoms with van der Waals surface area (Å²) in [5.41, 5.74) is 7.87. The molecule has 0 fully saturated rings. The first-order valence-electron chi connectivity index (χ1n) is 16.1. The van der Waals surface area contributed by atoms with Crippen LogP contribution in [0.4, 0.5) is 70.4 Å². The number of aromatic nitrogens is 6. The molecule has 0 aliphatic rings. The number of hydrogen-bond donors (Lipinski definition) is 4. The van der Waals surface area contributed by atoms with Gasteiger partial charge in [-0.2, -0.15) is 23.1 Å². The largest absolute Gasteiger partial charge is 1.00 e. The van der Waals surface area contributed by atoms with E-state index in [0.717, 1.165) is 29.0 Å². The standard InChI is InChI=1S/C31H21F3N14O11S3.CH4.3Na/c32-22-11-23(40-28(33)39-22)37-14-4-6-20(61(52,53)54)17(9-14)45-46-18-10-21(62(55,56)57)25(36)26(24(18)35)47-44-16-8-15(3-5-19(16)60-59-58-51)38-30-41-29(34)42-31(43-30)48-7-1-2-13(12-48)27(49)50;;;;/h1-12H,35-36H2,(H5-,37,38,39,40,41,42,43,49,50,51,52,53,54,55,56,57);1H4;;;/q;;3*+1/p-3. The zero-order valence-corrected chi connectivity index (χ0v) is 41.4. The van der Waals surface area contributed by atoms with Crippen LogP contribution < -0.4 is 126 Å². The van der Waals surface area contributed by atoms with E-state index in [4.69, 9.17) is 11.5 Å². The van der Waals surface area contributed by atoms with Gasteiger partial charge in [-0.3, -0.25) is 5.04 Å². The molecule has 3 heterocycles. The average molecular weight is 1000 g/mol. The molecule has 0 unspecified atom stereocenters. The maximum Gasteiger partial charge on any atom is 1.00 e. The van der Waals surface area contributed by atoms with E-state index < -0.39 is 94.3 Å². The summed E-state index contributed by atoms with van der Waals surface area (Å²) >= 11 is 0.294. The first kappa shape index (κ1) is 57.7. The fourth-order valence-corrected chi connectivity index (χ4v) is 6.54. The van der Waals surface area contributed by atoms with Gasteiger partial charge in [0.15, 0.2) is 0 Å². The van der Waals surface area contributed by atoms with Gasteiger partial charge in [0.05, 0.1) is 56.5 Å². The second-order valence-corrected chi connectivity index (χ2v) is 15.0. The zero-order chi connectivity index (χ0) is 44.9. The normalized spacial score (nSPS) is 11.2. The van der Waals surface area contributed by atoms with Crippen LogP contribution in [0, 0.1) is 18.1 Å². The number of nitrogen functional groups attached to an aromatic ring is 2. The molecule has 6 N–H and O–H groups in total. The summed E-state index contributed by atoms with van der Waals surface area (Å²) in [5, 5.41) is 45.7. The fraction of sp³-hybridized carbons (Fsp3) is 0.0312. The first-order chi connectivity index (χ1) is 29.3. The molecule has 0 aliphatic heterocycles. The molecular formula is C32H22F3N14Na3O11S3. The summed E-state index contributed by atoms with van der Waals surface area (Å²) in [6, 6.07) is 10.1. The summed E-state index contributed by atoms with van der Waals surface area (Å²) in [6.07, 6.45) is -0.395. The number of halogens is 3. The van der Waals surface area contributed by atoms with Crippen molar-refractivity contribution in [1.29, 1.82) is 0 Å². The number of carbonyl (C=O) groups excluding carboxylic acids is 1. The van der Waals surface area contributed by atoms with Crippen molar-refractivity contribution < 1.29 is 157 Å². The number of rotatable bonds is 15. The molecule has 0 radical (unpaired) electrons. The molecule has 6 aromatic rings. The molecular weight excluding hydrogens is 979 g/mol. The van der Waals surface area contributed by atoms with Crippen molar-refractivity contribution in [3.63, 3.8) is 0 Å². The topological polar surface area (TPSA) is 390 Å². The Kier molecular flexibility index (Phi) is 21.5. The van der Waals surface area contributed by atoms with Gasteiger partial charge in [-0.25, -0.2) is 21.4 Å². The van der Waals surface area contributed by atoms with Gasteiger partial charge in [-0.15, -0.1) is 29.8 Å². The summed E-state index contributed by atoms with van der Waals surface area (Å²) in [5.74, 6) is -4.05. The molecule has 0 bridgehead atoms. The van der Waals surface area contributed by atoms with Gasteiger partial charge in [-0.05, 0) is 64.6 Å². The van der Waals surface area contributed by atoms with E-state index >= 15 is 0 Å². The number of benzene rings is 3. The number of nitrogens with one attached hydrogen (secondary N) is 2. The van der Waals surface area contributed by atoms with E-state index in [-0.39, 0.29) is 130 Å². The predicted octanol–water partition coefficient (Wildman–Crippen LogP) is -6.11. The van der Waals surface area contributed by atoms with Gasteiger partial charge >= 0.3 is 113 Å². The fourth-order valence-electron chi connectivity index (χ4n) is 4.91. The SMILES string of the molecule is C.Nc1c(N=Nc2cc(Nc3cc(F)nc(F)n3)ccc2S(=O)(=O)[O-])cc(S(=O)(=O)[O-])c(N)c1N=Nc1cc(Nc2nc(F)nc(-[n+]3cccc(C(=O)[O-])c3)n2)ccc1SOO[O-].[Na+].[Na+].[Na+]. The molecule has 66 heavy (non-hydrogen) atoms. The van der Waals surface area contributed by atoms with Gasteiger partial charge in [0.25, 0.3) is 0 Å². The summed E-state index contributed by atoms with van der Waals surface area (Å²) in [4.78, 5) is 26.4. The molecule has 0 aliphatic carbocycles. The molecule has 0 atom stereocenters. The van der Waals surface area contributed by atoms with E-state index in [0.29, 0.717) is 24.2 Å². The second kappa shape index (κ2) is 24.6. The Balaban J connectivity index is 0.00000374. The van der Waals surface area contributed by atoms with Crippen LogP contribution >= 0.6 is 12.0 Å². The number of hydrogen-bond acceptors (Lipinski definition) is 25. The Bertz CT molecular complexity index is 3040. The number of nitrogens with two attached hydrogens (primary N) is 2. The van der Waals surface area contributed by atoms with Crippen molar-refractivity contribution in [3.05, 3.63) is 96.7 Å². The van der Waals surface area contributed by atoms with Gasteiger partial charge in [0.2, 0.25) is 5.95 Å². The molecule has 6 rings (SSSR count). The molecule has 0 saturated carbocycles. The van der Waals surface area contributed by atoms with Gasteiger partial charge in [0, 0.05) is 23.0 Å². The van der Waals surface area contributed by atoms with Crippen molar-refractivity contribution in [3.8, 4) is 5.95 Å². The Morgan fingerprint density at radius 2 is 1.36 bits per heavy atom. The van der Waals surface area contributed by atoms with Crippen LogP contribution in [0.25, 0.3) is 5.95 Å². The first-order valence-corrected chi connectivity index (χ1v) is 19.6. The number of carbonyl (C=O) groups is 1.